The van der Waals surface area contributed by atoms with Crippen LogP contribution in [0.4, 0.5) is 0 Å². The number of nitrogens with zero attached hydrogens (tertiary/aromatic N) is 1. The lowest BCUT2D eigenvalue weighted by atomic mass is 9.80. The van der Waals surface area contributed by atoms with Crippen molar-refractivity contribution in [1.82, 2.24) is 4.90 Å². The molecule has 18 heavy (non-hydrogen) atoms. The Morgan fingerprint density at radius 3 is 2.28 bits per heavy atom. The maximum absolute atomic E-state index is 11.2. The van der Waals surface area contributed by atoms with Gasteiger partial charge in [-0.05, 0) is 57.0 Å². The normalized spacial score (nSPS) is 24.2. The third-order valence-corrected chi connectivity index (χ3v) is 4.15. The van der Waals surface area contributed by atoms with Gasteiger partial charge in [-0.15, -0.1) is 0 Å². The quantitative estimate of drug-likeness (QED) is 0.655. The molecule has 0 aromatic heterocycles. The lowest BCUT2D eigenvalue weighted by Gasteiger charge is -2.32. The Bertz CT molecular complexity index is 235. The van der Waals surface area contributed by atoms with Crippen LogP contribution >= 0.6 is 0 Å². The second-order valence-corrected chi connectivity index (χ2v) is 5.56. The minimum absolute atomic E-state index is 0.0420. The first kappa shape index (κ1) is 15.5. The predicted octanol–water partition coefficient (Wildman–Crippen LogP) is 3.09. The maximum Gasteiger partial charge on any atom is 0.305 e. The standard InChI is InChI=1S/C15H29NO2/c1-4-10-16(5-2)12-14-8-6-13(7-9-14)11-15(17)18-3/h13-14H,4-12H2,1-3H3. The first-order valence-electron chi connectivity index (χ1n) is 7.48. The summed E-state index contributed by atoms with van der Waals surface area (Å²) in [6, 6.07) is 0. The second kappa shape index (κ2) is 8.52. The van der Waals surface area contributed by atoms with E-state index in [9.17, 15) is 4.79 Å². The summed E-state index contributed by atoms with van der Waals surface area (Å²) in [6.45, 7) is 8.12. The summed E-state index contributed by atoms with van der Waals surface area (Å²) in [7, 11) is 1.48. The molecule has 0 unspecified atom stereocenters. The molecule has 0 amide bonds. The van der Waals surface area contributed by atoms with Crippen molar-refractivity contribution in [3.63, 3.8) is 0 Å². The van der Waals surface area contributed by atoms with E-state index in [1.165, 1.54) is 52.3 Å². The van der Waals surface area contributed by atoms with Gasteiger partial charge in [-0.2, -0.15) is 0 Å². The van der Waals surface area contributed by atoms with Crippen molar-refractivity contribution >= 4 is 5.97 Å². The molecular formula is C15H29NO2. The highest BCUT2D eigenvalue weighted by atomic mass is 16.5. The van der Waals surface area contributed by atoms with Crippen LogP contribution in [-0.2, 0) is 9.53 Å². The second-order valence-electron chi connectivity index (χ2n) is 5.56. The van der Waals surface area contributed by atoms with Crippen molar-refractivity contribution < 1.29 is 9.53 Å². The van der Waals surface area contributed by atoms with Gasteiger partial charge in [-0.1, -0.05) is 13.8 Å². The van der Waals surface area contributed by atoms with Crippen molar-refractivity contribution in [3.8, 4) is 0 Å². The van der Waals surface area contributed by atoms with Gasteiger partial charge in [-0.3, -0.25) is 4.79 Å². The van der Waals surface area contributed by atoms with E-state index in [4.69, 9.17) is 4.74 Å². The van der Waals surface area contributed by atoms with Crippen LogP contribution in [0, 0.1) is 11.8 Å². The predicted molar refractivity (Wildman–Crippen MR) is 74.5 cm³/mol. The van der Waals surface area contributed by atoms with Gasteiger partial charge in [0.2, 0.25) is 0 Å². The molecule has 1 aliphatic carbocycles. The zero-order chi connectivity index (χ0) is 13.4. The Balaban J connectivity index is 2.24. The smallest absolute Gasteiger partial charge is 0.305 e. The molecule has 3 heteroatoms. The van der Waals surface area contributed by atoms with Gasteiger partial charge in [0.15, 0.2) is 0 Å². The minimum atomic E-state index is -0.0420. The number of ether oxygens (including phenoxy) is 1. The molecule has 0 radical (unpaired) electrons. The number of carbonyl (C=O) groups excluding carboxylic acids is 1. The summed E-state index contributed by atoms with van der Waals surface area (Å²) < 4.78 is 4.75. The number of esters is 1. The van der Waals surface area contributed by atoms with E-state index in [1.54, 1.807) is 0 Å². The van der Waals surface area contributed by atoms with Crippen LogP contribution in [0.3, 0.4) is 0 Å². The number of hydrogen-bond donors (Lipinski definition) is 0. The summed E-state index contributed by atoms with van der Waals surface area (Å²) in [5.74, 6) is 1.36. The number of methoxy groups -OCH3 is 1. The Morgan fingerprint density at radius 1 is 1.17 bits per heavy atom. The van der Waals surface area contributed by atoms with E-state index in [1.807, 2.05) is 0 Å². The van der Waals surface area contributed by atoms with Crippen molar-refractivity contribution in [2.75, 3.05) is 26.7 Å². The average Bonchev–Trinajstić information content (AvgIpc) is 2.40. The molecule has 1 rings (SSSR count). The van der Waals surface area contributed by atoms with Gasteiger partial charge in [0.25, 0.3) is 0 Å². The Labute approximate surface area is 112 Å². The molecule has 0 saturated heterocycles. The molecule has 0 spiro atoms. The largest absolute Gasteiger partial charge is 0.469 e. The lowest BCUT2D eigenvalue weighted by molar-refractivity contribution is -0.142. The maximum atomic E-state index is 11.2. The third kappa shape index (κ3) is 5.38. The molecule has 0 aromatic carbocycles. The Hall–Kier alpha value is -0.570. The van der Waals surface area contributed by atoms with E-state index in [0.29, 0.717) is 12.3 Å². The van der Waals surface area contributed by atoms with Crippen molar-refractivity contribution in [2.24, 2.45) is 11.8 Å². The summed E-state index contributed by atoms with van der Waals surface area (Å²) in [4.78, 5) is 13.8. The molecule has 0 aliphatic heterocycles. The van der Waals surface area contributed by atoms with Crippen molar-refractivity contribution in [2.45, 2.75) is 52.4 Å². The summed E-state index contributed by atoms with van der Waals surface area (Å²) in [5, 5.41) is 0. The van der Waals surface area contributed by atoms with Gasteiger partial charge < -0.3 is 9.64 Å². The molecule has 1 aliphatic rings. The van der Waals surface area contributed by atoms with Crippen molar-refractivity contribution in [3.05, 3.63) is 0 Å². The summed E-state index contributed by atoms with van der Waals surface area (Å²) in [5.41, 5.74) is 0. The Morgan fingerprint density at radius 2 is 1.78 bits per heavy atom. The van der Waals surface area contributed by atoms with Crippen molar-refractivity contribution in [1.29, 1.82) is 0 Å². The zero-order valence-corrected chi connectivity index (χ0v) is 12.3. The molecule has 0 aromatic rings. The fourth-order valence-corrected chi connectivity index (χ4v) is 3.00. The highest BCUT2D eigenvalue weighted by Gasteiger charge is 2.24. The van der Waals surface area contributed by atoms with Crippen LogP contribution in [0.15, 0.2) is 0 Å². The Kier molecular flexibility index (Phi) is 7.33. The zero-order valence-electron chi connectivity index (χ0n) is 12.3. The molecular weight excluding hydrogens is 226 g/mol. The average molecular weight is 255 g/mol. The van der Waals surface area contributed by atoms with Crippen LogP contribution in [0.25, 0.3) is 0 Å². The van der Waals surface area contributed by atoms with Gasteiger partial charge in [-0.25, -0.2) is 0 Å². The van der Waals surface area contributed by atoms with Crippen LogP contribution < -0.4 is 0 Å². The minimum Gasteiger partial charge on any atom is -0.469 e. The molecule has 0 atom stereocenters. The van der Waals surface area contributed by atoms with Crippen LogP contribution in [0.5, 0.6) is 0 Å². The fraction of sp³-hybridized carbons (Fsp3) is 0.933. The number of rotatable bonds is 7. The van der Waals surface area contributed by atoms with Crippen LogP contribution in [-0.4, -0.2) is 37.6 Å². The molecule has 1 saturated carbocycles. The van der Waals surface area contributed by atoms with E-state index in [2.05, 4.69) is 18.7 Å². The van der Waals surface area contributed by atoms with Gasteiger partial charge in [0.05, 0.1) is 7.11 Å². The summed E-state index contributed by atoms with van der Waals surface area (Å²) in [6.07, 6.45) is 6.82. The number of carbonyl (C=O) groups is 1. The summed E-state index contributed by atoms with van der Waals surface area (Å²) >= 11 is 0. The molecule has 0 N–H and O–H groups in total. The van der Waals surface area contributed by atoms with Gasteiger partial charge in [0.1, 0.15) is 0 Å². The number of hydrogen-bond acceptors (Lipinski definition) is 3. The van der Waals surface area contributed by atoms with Gasteiger partial charge >= 0.3 is 5.97 Å². The van der Waals surface area contributed by atoms with Crippen LogP contribution in [0.2, 0.25) is 0 Å². The molecule has 0 heterocycles. The van der Waals surface area contributed by atoms with E-state index in [-0.39, 0.29) is 5.97 Å². The van der Waals surface area contributed by atoms with Crippen LogP contribution in [0.1, 0.15) is 52.4 Å². The highest BCUT2D eigenvalue weighted by Crippen LogP contribution is 2.31. The third-order valence-electron chi connectivity index (χ3n) is 4.15. The SMILES string of the molecule is CCCN(CC)CC1CCC(CC(=O)OC)CC1. The molecule has 3 nitrogen and oxygen atoms in total. The highest BCUT2D eigenvalue weighted by molar-refractivity contribution is 5.69. The first-order valence-corrected chi connectivity index (χ1v) is 7.48. The topological polar surface area (TPSA) is 29.5 Å². The fourth-order valence-electron chi connectivity index (χ4n) is 3.00. The van der Waals surface area contributed by atoms with Gasteiger partial charge in [0, 0.05) is 13.0 Å². The van der Waals surface area contributed by atoms with E-state index in [0.717, 1.165) is 12.5 Å². The van der Waals surface area contributed by atoms with E-state index < -0.39 is 0 Å². The molecule has 106 valence electrons. The monoisotopic (exact) mass is 255 g/mol. The lowest BCUT2D eigenvalue weighted by Crippen LogP contribution is -2.32. The molecule has 0 bridgehead atoms. The first-order chi connectivity index (χ1) is 8.69. The van der Waals surface area contributed by atoms with E-state index >= 15 is 0 Å². The molecule has 1 fully saturated rings.